The Bertz CT molecular complexity index is 7280. The van der Waals surface area contributed by atoms with Gasteiger partial charge in [0.05, 0.1) is 38.6 Å². The van der Waals surface area contributed by atoms with Gasteiger partial charge in [-0.25, -0.2) is 39.9 Å². The van der Waals surface area contributed by atoms with E-state index in [0.717, 1.165) is 138 Å². The van der Waals surface area contributed by atoms with Crippen LogP contribution in [0.15, 0.2) is 373 Å². The van der Waals surface area contributed by atoms with Crippen LogP contribution in [0.3, 0.4) is 0 Å². The second kappa shape index (κ2) is 26.5. The first kappa shape index (κ1) is 63.5. The SMILES string of the molecule is c1ccc(-c2nc(-c3ccccc3)nc(-c3ccc(-c4nc5cccc(-c6cc7ccccc7c7ccccc67)c5c5oc6ccccc6c45)cc3)n2)cc1.c1ccc(-c2nc(-c3ccccc3)nc(-c3cccc(-c4nc5ccc(-c6cc7ccccc7c7ccccc67)cc5c5oc6ccccc6c45)c3)n2)cc1. The van der Waals surface area contributed by atoms with E-state index in [2.05, 4.69) is 206 Å². The molecule has 22 rings (SSSR count). The molecule has 22 aromatic rings. The van der Waals surface area contributed by atoms with Crippen LogP contribution in [0.25, 0.3) is 222 Å². The minimum absolute atomic E-state index is 0.593. The second-order valence-electron chi connectivity index (χ2n) is 27.6. The van der Waals surface area contributed by atoms with Gasteiger partial charge < -0.3 is 8.83 Å². The number of furan rings is 2. The molecule has 0 aliphatic rings. The highest BCUT2D eigenvalue weighted by Gasteiger charge is 2.25. The first-order valence-corrected chi connectivity index (χ1v) is 36.8. The van der Waals surface area contributed by atoms with Crippen molar-refractivity contribution in [3.05, 3.63) is 364 Å². The summed E-state index contributed by atoms with van der Waals surface area (Å²) in [5.74, 6) is 3.71. The fourth-order valence-corrected chi connectivity index (χ4v) is 15.8. The minimum Gasteiger partial charge on any atom is -0.455 e. The summed E-state index contributed by atoms with van der Waals surface area (Å²) < 4.78 is 13.6. The van der Waals surface area contributed by atoms with E-state index in [0.29, 0.717) is 34.9 Å². The third-order valence-electron chi connectivity index (χ3n) is 21.0. The number of para-hydroxylation sites is 2. The number of pyridine rings is 2. The number of aromatic nitrogens is 8. The van der Waals surface area contributed by atoms with Gasteiger partial charge in [-0.15, -0.1) is 0 Å². The van der Waals surface area contributed by atoms with Crippen LogP contribution in [0.4, 0.5) is 0 Å². The van der Waals surface area contributed by atoms with Crippen molar-refractivity contribution in [2.45, 2.75) is 0 Å². The summed E-state index contributed by atoms with van der Waals surface area (Å²) in [6.07, 6.45) is 0. The molecule has 0 aliphatic carbocycles. The summed E-state index contributed by atoms with van der Waals surface area (Å²) >= 11 is 0. The number of hydrogen-bond acceptors (Lipinski definition) is 10. The van der Waals surface area contributed by atoms with E-state index in [4.69, 9.17) is 48.7 Å². The van der Waals surface area contributed by atoms with Gasteiger partial charge in [0.15, 0.2) is 34.9 Å². The highest BCUT2D eigenvalue weighted by atomic mass is 16.3. The molecule has 0 N–H and O–H groups in total. The van der Waals surface area contributed by atoms with Crippen molar-refractivity contribution in [2.24, 2.45) is 0 Å². The number of benzene rings is 16. The number of fused-ring (bicyclic) bond motifs is 16. The van der Waals surface area contributed by atoms with Crippen LogP contribution >= 0.6 is 0 Å². The van der Waals surface area contributed by atoms with Crippen LogP contribution < -0.4 is 0 Å². The van der Waals surface area contributed by atoms with E-state index in [1.54, 1.807) is 0 Å². The summed E-state index contributed by atoms with van der Waals surface area (Å²) in [6, 6.07) is 125. The quantitative estimate of drug-likeness (QED) is 0.122. The standard InChI is InChI=1S/2C50H30N4O/c1-3-14-31(15-4-1)48-52-49(32-16-5-2-6-17-32)54-50(53-48)36-20-13-19-35(28-36)46-45-40-24-11-12-25-44(40)55-47(45)42-30-34(26-27-43(42)51-46)41-29-33-18-7-8-21-37(33)38-22-9-10-23-39(38)41;1-3-14-32(15-4-1)48-52-49(33-16-5-2-6-17-33)54-50(53-48)34-28-26-31(27-29-34)46-45-40-22-11-12-25-43(40)55-47(45)44-39(23-13-24-42(44)51-46)41-30-35-18-7-8-19-36(35)37-20-9-10-21-38(37)41/h2*1-30H. The van der Waals surface area contributed by atoms with Crippen LogP contribution in [0.1, 0.15) is 0 Å². The topological polar surface area (TPSA) is 129 Å². The van der Waals surface area contributed by atoms with Gasteiger partial charge in [0.1, 0.15) is 22.3 Å². The van der Waals surface area contributed by atoms with Gasteiger partial charge in [-0.2, -0.15) is 0 Å². The maximum Gasteiger partial charge on any atom is 0.164 e. The first-order chi connectivity index (χ1) is 54.5. The summed E-state index contributed by atoms with van der Waals surface area (Å²) in [4.78, 5) is 40.5. The molecule has 0 bridgehead atoms. The lowest BCUT2D eigenvalue weighted by molar-refractivity contribution is 0.672. The third kappa shape index (κ3) is 11.1. The first-order valence-electron chi connectivity index (χ1n) is 36.8. The summed E-state index contributed by atoms with van der Waals surface area (Å²) in [7, 11) is 0. The fraction of sp³-hybridized carbons (Fsp3) is 0. The van der Waals surface area contributed by atoms with Crippen molar-refractivity contribution in [2.75, 3.05) is 0 Å². The predicted molar refractivity (Wildman–Crippen MR) is 449 cm³/mol. The second-order valence-corrected chi connectivity index (χ2v) is 27.6. The molecule has 6 aromatic heterocycles. The van der Waals surface area contributed by atoms with Gasteiger partial charge in [0, 0.05) is 60.7 Å². The molecule has 10 nitrogen and oxygen atoms in total. The van der Waals surface area contributed by atoms with E-state index in [-0.39, 0.29) is 0 Å². The van der Waals surface area contributed by atoms with Crippen molar-refractivity contribution in [1.29, 1.82) is 0 Å². The Morgan fingerprint density at radius 2 is 0.536 bits per heavy atom. The monoisotopic (exact) mass is 1400 g/mol. The van der Waals surface area contributed by atoms with E-state index >= 15 is 0 Å². The maximum atomic E-state index is 6.83. The molecule has 110 heavy (non-hydrogen) atoms. The average Bonchev–Trinajstić information content (AvgIpc) is 1.49. The van der Waals surface area contributed by atoms with Crippen LogP contribution in [0, 0.1) is 0 Å². The molecule has 10 heteroatoms. The van der Waals surface area contributed by atoms with Gasteiger partial charge in [0.2, 0.25) is 0 Å². The average molecular weight is 1410 g/mol. The Morgan fingerprint density at radius 3 is 1.07 bits per heavy atom. The molecule has 0 atom stereocenters. The van der Waals surface area contributed by atoms with E-state index in [1.807, 2.05) is 158 Å². The molecular formula is C100H60N8O2. The minimum atomic E-state index is 0.593. The van der Waals surface area contributed by atoms with Crippen LogP contribution in [0.5, 0.6) is 0 Å². The summed E-state index contributed by atoms with van der Waals surface area (Å²) in [6.45, 7) is 0. The third-order valence-corrected chi connectivity index (χ3v) is 21.0. The Balaban J connectivity index is 0.000000140. The van der Waals surface area contributed by atoms with Gasteiger partial charge in [-0.05, 0) is 114 Å². The molecule has 0 radical (unpaired) electrons. The normalized spacial score (nSPS) is 11.6. The van der Waals surface area contributed by atoms with E-state index < -0.39 is 0 Å². The maximum absolute atomic E-state index is 6.83. The Kier molecular flexibility index (Phi) is 15.3. The molecule has 0 unspecified atom stereocenters. The largest absolute Gasteiger partial charge is 0.455 e. The lowest BCUT2D eigenvalue weighted by Gasteiger charge is -2.14. The molecule has 0 fully saturated rings. The predicted octanol–water partition coefficient (Wildman–Crippen LogP) is 25.9. The van der Waals surface area contributed by atoms with Gasteiger partial charge in [-0.3, -0.25) is 0 Å². The Hall–Kier alpha value is -15.0. The molecule has 0 spiro atoms. The molecule has 0 amide bonds. The van der Waals surface area contributed by atoms with Crippen LogP contribution in [-0.2, 0) is 0 Å². The van der Waals surface area contributed by atoms with Crippen LogP contribution in [0.2, 0.25) is 0 Å². The molecule has 16 aromatic carbocycles. The zero-order chi connectivity index (χ0) is 72.6. The van der Waals surface area contributed by atoms with Crippen LogP contribution in [-0.4, -0.2) is 39.9 Å². The van der Waals surface area contributed by atoms with Gasteiger partial charge in [-0.1, -0.05) is 315 Å². The van der Waals surface area contributed by atoms with E-state index in [9.17, 15) is 0 Å². The van der Waals surface area contributed by atoms with Crippen molar-refractivity contribution >= 4 is 109 Å². The molecule has 0 aliphatic heterocycles. The fourth-order valence-electron chi connectivity index (χ4n) is 15.8. The van der Waals surface area contributed by atoms with Crippen molar-refractivity contribution in [3.8, 4) is 113 Å². The molecule has 0 saturated heterocycles. The number of nitrogens with zero attached hydrogens (tertiary/aromatic N) is 8. The lowest BCUT2D eigenvalue weighted by atomic mass is 9.90. The summed E-state index contributed by atoms with van der Waals surface area (Å²) in [5.41, 5.74) is 18.7. The lowest BCUT2D eigenvalue weighted by Crippen LogP contribution is -2.00. The van der Waals surface area contributed by atoms with Gasteiger partial charge in [0.25, 0.3) is 0 Å². The summed E-state index contributed by atoms with van der Waals surface area (Å²) in [5, 5.41) is 15.8. The number of hydrogen-bond donors (Lipinski definition) is 0. The smallest absolute Gasteiger partial charge is 0.164 e. The Labute approximate surface area is 630 Å². The van der Waals surface area contributed by atoms with Gasteiger partial charge >= 0.3 is 0 Å². The zero-order valence-corrected chi connectivity index (χ0v) is 59.0. The molecule has 512 valence electrons. The molecule has 0 saturated carbocycles. The zero-order valence-electron chi connectivity index (χ0n) is 59.0. The number of rotatable bonds is 10. The highest BCUT2D eigenvalue weighted by molar-refractivity contribution is 6.25. The highest BCUT2D eigenvalue weighted by Crippen LogP contribution is 2.47. The van der Waals surface area contributed by atoms with Crippen molar-refractivity contribution in [3.63, 3.8) is 0 Å². The Morgan fingerprint density at radius 1 is 0.173 bits per heavy atom. The molecular weight excluding hydrogens is 1350 g/mol. The van der Waals surface area contributed by atoms with Crippen molar-refractivity contribution in [1.82, 2.24) is 39.9 Å². The van der Waals surface area contributed by atoms with Crippen molar-refractivity contribution < 1.29 is 8.83 Å². The van der Waals surface area contributed by atoms with E-state index in [1.165, 1.54) is 48.7 Å². The molecule has 6 heterocycles.